The number of amides is 1. The van der Waals surface area contributed by atoms with Gasteiger partial charge in [0.25, 0.3) is 0 Å². The smallest absolute Gasteiger partial charge is 0.227 e. The largest absolute Gasteiger partial charge is 0.497 e. The van der Waals surface area contributed by atoms with Crippen LogP contribution in [0.1, 0.15) is 24.5 Å². The van der Waals surface area contributed by atoms with Crippen molar-refractivity contribution in [2.24, 2.45) is 0 Å². The van der Waals surface area contributed by atoms with Gasteiger partial charge in [-0.3, -0.25) is 4.79 Å². The van der Waals surface area contributed by atoms with E-state index >= 15 is 0 Å². The average molecular weight is 353 g/mol. The fourth-order valence-corrected chi connectivity index (χ4v) is 2.59. The molecule has 0 aliphatic heterocycles. The minimum atomic E-state index is -0.676. The Morgan fingerprint density at radius 3 is 2.42 bits per heavy atom. The van der Waals surface area contributed by atoms with Gasteiger partial charge < -0.3 is 9.64 Å². The molecule has 3 nitrogen and oxygen atoms in total. The number of carbonyl (C=O) groups excluding carboxylic acids is 1. The zero-order valence-electron chi connectivity index (χ0n) is 15.2. The van der Waals surface area contributed by atoms with Gasteiger partial charge in [-0.25, -0.2) is 4.39 Å². The van der Waals surface area contributed by atoms with E-state index in [0.29, 0.717) is 6.54 Å². The van der Waals surface area contributed by atoms with Crippen molar-refractivity contribution in [3.8, 4) is 5.75 Å². The van der Waals surface area contributed by atoms with E-state index < -0.39 is 6.04 Å². The van der Waals surface area contributed by atoms with Crippen LogP contribution in [0.2, 0.25) is 0 Å². The first kappa shape index (κ1) is 19.4. The van der Waals surface area contributed by atoms with Crippen molar-refractivity contribution in [3.63, 3.8) is 0 Å². The highest BCUT2D eigenvalue weighted by Gasteiger charge is 2.23. The highest BCUT2D eigenvalue weighted by Crippen LogP contribution is 2.21. The van der Waals surface area contributed by atoms with Gasteiger partial charge in [0.1, 0.15) is 11.6 Å². The van der Waals surface area contributed by atoms with Gasteiger partial charge in [-0.15, -0.1) is 6.58 Å². The van der Waals surface area contributed by atoms with Crippen LogP contribution in [0, 0.1) is 0 Å². The number of hydrogen-bond acceptors (Lipinski definition) is 2. The zero-order chi connectivity index (χ0) is 18.9. The number of halogens is 1. The van der Waals surface area contributed by atoms with Crippen molar-refractivity contribution >= 4 is 12.0 Å². The molecule has 0 N–H and O–H groups in total. The van der Waals surface area contributed by atoms with Crippen LogP contribution < -0.4 is 4.74 Å². The van der Waals surface area contributed by atoms with Crippen molar-refractivity contribution in [1.82, 2.24) is 4.90 Å². The first-order chi connectivity index (χ1) is 12.5. The van der Waals surface area contributed by atoms with Crippen molar-refractivity contribution in [1.29, 1.82) is 0 Å². The lowest BCUT2D eigenvalue weighted by Gasteiger charge is -2.28. The quantitative estimate of drug-likeness (QED) is 0.625. The molecule has 1 atom stereocenters. The lowest BCUT2D eigenvalue weighted by Crippen LogP contribution is -2.38. The van der Waals surface area contributed by atoms with Gasteiger partial charge >= 0.3 is 0 Å². The second-order valence-electron chi connectivity index (χ2n) is 5.98. The standard InChI is InChI=1S/C22H24FNO2/c1-4-8-22(25)24(16-19-11-13-20(26-3)14-12-19)17(2)21(23)15-18-9-6-5-7-10-18/h4-7,9-15,17H,1,8,16H2,2-3H3/b21-15-/t17-/m1/s1. The van der Waals surface area contributed by atoms with E-state index in [2.05, 4.69) is 6.58 Å². The van der Waals surface area contributed by atoms with Crippen LogP contribution in [-0.2, 0) is 11.3 Å². The fourth-order valence-electron chi connectivity index (χ4n) is 2.59. The van der Waals surface area contributed by atoms with Gasteiger partial charge in [-0.1, -0.05) is 48.5 Å². The van der Waals surface area contributed by atoms with E-state index in [9.17, 15) is 9.18 Å². The van der Waals surface area contributed by atoms with Crippen molar-refractivity contribution < 1.29 is 13.9 Å². The molecular formula is C22H24FNO2. The van der Waals surface area contributed by atoms with Gasteiger partial charge in [0.15, 0.2) is 0 Å². The monoisotopic (exact) mass is 353 g/mol. The Morgan fingerprint density at radius 2 is 1.85 bits per heavy atom. The Labute approximate surface area is 154 Å². The van der Waals surface area contributed by atoms with Crippen LogP contribution in [0.3, 0.4) is 0 Å². The second kappa shape index (κ2) is 9.56. The van der Waals surface area contributed by atoms with E-state index in [1.807, 2.05) is 54.6 Å². The summed E-state index contributed by atoms with van der Waals surface area (Å²) in [7, 11) is 1.60. The van der Waals surface area contributed by atoms with E-state index in [0.717, 1.165) is 16.9 Å². The van der Waals surface area contributed by atoms with Gasteiger partial charge in [0, 0.05) is 13.0 Å². The molecule has 0 aliphatic carbocycles. The van der Waals surface area contributed by atoms with Gasteiger partial charge in [0.05, 0.1) is 13.2 Å². The maximum atomic E-state index is 14.8. The molecule has 0 saturated carbocycles. The number of benzene rings is 2. The Hall–Kier alpha value is -2.88. The Balaban J connectivity index is 2.23. The SMILES string of the molecule is C=CCC(=O)N(Cc1ccc(OC)cc1)[C@H](C)/C(F)=C/c1ccccc1. The minimum absolute atomic E-state index is 0.166. The van der Waals surface area contributed by atoms with Crippen LogP contribution in [-0.4, -0.2) is 24.0 Å². The van der Waals surface area contributed by atoms with Crippen LogP contribution in [0.4, 0.5) is 4.39 Å². The normalized spacial score (nSPS) is 12.3. The lowest BCUT2D eigenvalue weighted by atomic mass is 10.1. The molecule has 2 aromatic carbocycles. The predicted octanol–water partition coefficient (Wildman–Crippen LogP) is 5.00. The summed E-state index contributed by atoms with van der Waals surface area (Å²) in [5.41, 5.74) is 1.67. The Kier molecular flexibility index (Phi) is 7.15. The van der Waals surface area contributed by atoms with Crippen molar-refractivity contribution in [2.75, 3.05) is 7.11 Å². The predicted molar refractivity (Wildman–Crippen MR) is 103 cm³/mol. The summed E-state index contributed by atoms with van der Waals surface area (Å²) in [5.74, 6) is 0.211. The summed E-state index contributed by atoms with van der Waals surface area (Å²) in [4.78, 5) is 14.0. The maximum Gasteiger partial charge on any atom is 0.227 e. The number of methoxy groups -OCH3 is 1. The molecule has 0 aromatic heterocycles. The number of hydrogen-bond donors (Lipinski definition) is 0. The van der Waals surface area contributed by atoms with Gasteiger partial charge in [0.2, 0.25) is 5.91 Å². The van der Waals surface area contributed by atoms with Crippen molar-refractivity contribution in [3.05, 3.63) is 84.2 Å². The van der Waals surface area contributed by atoms with Crippen molar-refractivity contribution in [2.45, 2.75) is 25.9 Å². The molecule has 0 unspecified atom stereocenters. The van der Waals surface area contributed by atoms with Crippen LogP contribution >= 0.6 is 0 Å². The molecule has 0 bridgehead atoms. The highest BCUT2D eigenvalue weighted by atomic mass is 19.1. The molecule has 26 heavy (non-hydrogen) atoms. The second-order valence-corrected chi connectivity index (χ2v) is 5.98. The molecule has 0 spiro atoms. The highest BCUT2D eigenvalue weighted by molar-refractivity contribution is 5.78. The molecule has 0 aliphatic rings. The third kappa shape index (κ3) is 5.31. The number of nitrogens with zero attached hydrogens (tertiary/aromatic N) is 1. The molecule has 0 fully saturated rings. The lowest BCUT2D eigenvalue weighted by molar-refractivity contribution is -0.132. The molecule has 4 heteroatoms. The van der Waals surface area contributed by atoms with Gasteiger partial charge in [-0.2, -0.15) is 0 Å². The van der Waals surface area contributed by atoms with Crippen LogP contribution in [0.5, 0.6) is 5.75 Å². The van der Waals surface area contributed by atoms with Crippen LogP contribution in [0.25, 0.3) is 6.08 Å². The molecule has 1 amide bonds. The average Bonchev–Trinajstić information content (AvgIpc) is 2.67. The van der Waals surface area contributed by atoms with E-state index in [1.54, 1.807) is 14.0 Å². The summed E-state index contributed by atoms with van der Waals surface area (Å²) in [6.07, 6.45) is 3.17. The third-order valence-corrected chi connectivity index (χ3v) is 4.12. The minimum Gasteiger partial charge on any atom is -0.497 e. The molecule has 2 aromatic rings. The molecule has 2 rings (SSSR count). The summed E-state index contributed by atoms with van der Waals surface area (Å²) < 4.78 is 19.9. The number of carbonyl (C=O) groups is 1. The summed E-state index contributed by atoms with van der Waals surface area (Å²) in [6, 6.07) is 15.9. The molecule has 0 saturated heterocycles. The summed E-state index contributed by atoms with van der Waals surface area (Å²) in [5, 5.41) is 0. The Bertz CT molecular complexity index is 753. The number of ether oxygens (including phenoxy) is 1. The number of rotatable bonds is 8. The molecular weight excluding hydrogens is 329 g/mol. The van der Waals surface area contributed by atoms with E-state index in [-0.39, 0.29) is 18.2 Å². The van der Waals surface area contributed by atoms with Crippen LogP contribution in [0.15, 0.2) is 73.1 Å². The summed E-state index contributed by atoms with van der Waals surface area (Å²) in [6.45, 7) is 5.62. The van der Waals surface area contributed by atoms with Gasteiger partial charge in [-0.05, 0) is 36.3 Å². The summed E-state index contributed by atoms with van der Waals surface area (Å²) >= 11 is 0. The van der Waals surface area contributed by atoms with E-state index in [1.165, 1.54) is 17.1 Å². The maximum absolute atomic E-state index is 14.8. The third-order valence-electron chi connectivity index (χ3n) is 4.12. The zero-order valence-corrected chi connectivity index (χ0v) is 15.2. The first-order valence-electron chi connectivity index (χ1n) is 8.50. The molecule has 0 heterocycles. The Morgan fingerprint density at radius 1 is 1.19 bits per heavy atom. The fraction of sp³-hybridized carbons (Fsp3) is 0.227. The van der Waals surface area contributed by atoms with E-state index in [4.69, 9.17) is 4.74 Å². The topological polar surface area (TPSA) is 29.5 Å². The first-order valence-corrected chi connectivity index (χ1v) is 8.50. The molecule has 136 valence electrons. The molecule has 0 radical (unpaired) electrons.